The summed E-state index contributed by atoms with van der Waals surface area (Å²) in [5.41, 5.74) is 2.68. The first-order valence-corrected chi connectivity index (χ1v) is 7.74. The van der Waals surface area contributed by atoms with E-state index >= 15 is 0 Å². The van der Waals surface area contributed by atoms with Crippen molar-refractivity contribution in [2.75, 3.05) is 5.32 Å². The third-order valence-electron chi connectivity index (χ3n) is 3.42. The summed E-state index contributed by atoms with van der Waals surface area (Å²) < 4.78 is 0. The van der Waals surface area contributed by atoms with E-state index < -0.39 is 0 Å². The number of anilines is 1. The van der Waals surface area contributed by atoms with Crippen molar-refractivity contribution in [3.8, 4) is 6.07 Å². The highest BCUT2D eigenvalue weighted by Gasteiger charge is 2.05. The maximum Gasteiger partial charge on any atom is 0.234 e. The summed E-state index contributed by atoms with van der Waals surface area (Å²) in [4.78, 5) is 23.3. The van der Waals surface area contributed by atoms with E-state index in [0.29, 0.717) is 25.1 Å². The van der Waals surface area contributed by atoms with E-state index in [-0.39, 0.29) is 18.2 Å². The van der Waals surface area contributed by atoms with Gasteiger partial charge in [0.25, 0.3) is 0 Å². The van der Waals surface area contributed by atoms with Crippen LogP contribution in [0.25, 0.3) is 0 Å². The Morgan fingerprint density at radius 3 is 2.46 bits per heavy atom. The van der Waals surface area contributed by atoms with Gasteiger partial charge in [0.2, 0.25) is 11.8 Å². The van der Waals surface area contributed by atoms with E-state index in [4.69, 9.17) is 5.26 Å². The summed E-state index contributed by atoms with van der Waals surface area (Å²) in [5, 5.41) is 14.0. The topological polar surface area (TPSA) is 82.0 Å². The van der Waals surface area contributed by atoms with Gasteiger partial charge in [-0.15, -0.1) is 0 Å². The second-order valence-corrected chi connectivity index (χ2v) is 5.35. The normalized spacial score (nSPS) is 9.79. The number of hydrogen-bond donors (Lipinski definition) is 2. The van der Waals surface area contributed by atoms with Crippen molar-refractivity contribution in [2.24, 2.45) is 0 Å². The molecule has 0 aliphatic carbocycles. The van der Waals surface area contributed by atoms with Gasteiger partial charge in [0.05, 0.1) is 6.07 Å². The standard InChI is InChI=1S/C19H19N3O2/c20-12-11-18(23)21-14-16-7-4-8-17(13-16)22-19(24)10-9-15-5-2-1-3-6-15/h1-8,13H,9-11,14H2,(H,21,23)(H,22,24). The van der Waals surface area contributed by atoms with Gasteiger partial charge in [0.1, 0.15) is 6.42 Å². The lowest BCUT2D eigenvalue weighted by Gasteiger charge is -2.08. The van der Waals surface area contributed by atoms with E-state index in [2.05, 4.69) is 10.6 Å². The molecule has 0 aliphatic heterocycles. The molecule has 0 saturated heterocycles. The molecule has 2 N–H and O–H groups in total. The van der Waals surface area contributed by atoms with Gasteiger partial charge >= 0.3 is 0 Å². The minimum absolute atomic E-state index is 0.0514. The Morgan fingerprint density at radius 1 is 0.958 bits per heavy atom. The summed E-state index contributed by atoms with van der Waals surface area (Å²) in [6.45, 7) is 0.328. The molecule has 0 spiro atoms. The maximum absolute atomic E-state index is 12.0. The summed E-state index contributed by atoms with van der Waals surface area (Å²) in [6.07, 6.45) is 0.944. The van der Waals surface area contributed by atoms with E-state index in [9.17, 15) is 9.59 Å². The monoisotopic (exact) mass is 321 g/mol. The van der Waals surface area contributed by atoms with Gasteiger partial charge in [-0.05, 0) is 29.7 Å². The number of carbonyl (C=O) groups excluding carboxylic acids is 2. The third kappa shape index (κ3) is 5.93. The van der Waals surface area contributed by atoms with Gasteiger partial charge in [0, 0.05) is 18.7 Å². The van der Waals surface area contributed by atoms with Crippen LogP contribution in [0.2, 0.25) is 0 Å². The number of rotatable bonds is 7. The summed E-state index contributed by atoms with van der Waals surface area (Å²) >= 11 is 0. The van der Waals surface area contributed by atoms with E-state index in [1.54, 1.807) is 12.1 Å². The average Bonchev–Trinajstić information content (AvgIpc) is 2.60. The van der Waals surface area contributed by atoms with Crippen LogP contribution in [0.3, 0.4) is 0 Å². The van der Waals surface area contributed by atoms with Crippen LogP contribution in [-0.4, -0.2) is 11.8 Å². The molecule has 0 saturated carbocycles. The number of aryl methyl sites for hydroxylation is 1. The number of nitrogens with zero attached hydrogens (tertiary/aromatic N) is 1. The largest absolute Gasteiger partial charge is 0.351 e. The predicted molar refractivity (Wildman–Crippen MR) is 91.9 cm³/mol. The number of benzene rings is 2. The molecular weight excluding hydrogens is 302 g/mol. The molecule has 0 fully saturated rings. The Kier molecular flexibility index (Phi) is 6.54. The zero-order valence-corrected chi connectivity index (χ0v) is 13.3. The van der Waals surface area contributed by atoms with Gasteiger partial charge in [-0.25, -0.2) is 0 Å². The first-order valence-electron chi connectivity index (χ1n) is 7.74. The lowest BCUT2D eigenvalue weighted by Crippen LogP contribution is -2.22. The highest BCUT2D eigenvalue weighted by atomic mass is 16.2. The van der Waals surface area contributed by atoms with Crippen molar-refractivity contribution in [1.82, 2.24) is 5.32 Å². The highest BCUT2D eigenvalue weighted by Crippen LogP contribution is 2.12. The minimum Gasteiger partial charge on any atom is -0.351 e. The van der Waals surface area contributed by atoms with Crippen molar-refractivity contribution in [2.45, 2.75) is 25.8 Å². The molecule has 2 amide bonds. The van der Waals surface area contributed by atoms with Crippen molar-refractivity contribution < 1.29 is 9.59 Å². The molecule has 5 heteroatoms. The first-order chi connectivity index (χ1) is 11.7. The molecular formula is C19H19N3O2. The number of amides is 2. The first kappa shape index (κ1) is 17.2. The lowest BCUT2D eigenvalue weighted by atomic mass is 10.1. The average molecular weight is 321 g/mol. The second-order valence-electron chi connectivity index (χ2n) is 5.35. The Bertz CT molecular complexity index is 736. The maximum atomic E-state index is 12.0. The zero-order valence-electron chi connectivity index (χ0n) is 13.3. The molecule has 24 heavy (non-hydrogen) atoms. The van der Waals surface area contributed by atoms with Crippen LogP contribution >= 0.6 is 0 Å². The summed E-state index contributed by atoms with van der Waals surface area (Å²) in [7, 11) is 0. The molecule has 0 radical (unpaired) electrons. The van der Waals surface area contributed by atoms with Crippen LogP contribution in [0.1, 0.15) is 24.0 Å². The Hall–Kier alpha value is -3.13. The molecule has 2 rings (SSSR count). The van der Waals surface area contributed by atoms with E-state index in [1.807, 2.05) is 48.5 Å². The van der Waals surface area contributed by atoms with Gasteiger partial charge in [-0.1, -0.05) is 42.5 Å². The van der Waals surface area contributed by atoms with Crippen LogP contribution in [0.15, 0.2) is 54.6 Å². The molecule has 5 nitrogen and oxygen atoms in total. The SMILES string of the molecule is N#CCC(=O)NCc1cccc(NC(=O)CCc2ccccc2)c1. The molecule has 0 aliphatic rings. The smallest absolute Gasteiger partial charge is 0.234 e. The quantitative estimate of drug-likeness (QED) is 0.822. The minimum atomic E-state index is -0.310. The van der Waals surface area contributed by atoms with Gasteiger partial charge in [0.15, 0.2) is 0 Å². The van der Waals surface area contributed by atoms with Crippen LogP contribution in [0, 0.1) is 11.3 Å². The fourth-order valence-corrected chi connectivity index (χ4v) is 2.22. The molecule has 2 aromatic carbocycles. The molecule has 122 valence electrons. The molecule has 2 aromatic rings. The fraction of sp³-hybridized carbons (Fsp3) is 0.211. The molecule has 0 unspecified atom stereocenters. The Labute approximate surface area is 141 Å². The van der Waals surface area contributed by atoms with Crippen LogP contribution in [0.4, 0.5) is 5.69 Å². The highest BCUT2D eigenvalue weighted by molar-refractivity contribution is 5.90. The van der Waals surface area contributed by atoms with Gasteiger partial charge < -0.3 is 10.6 Å². The molecule has 0 aromatic heterocycles. The molecule has 0 heterocycles. The van der Waals surface area contributed by atoms with Crippen molar-refractivity contribution in [3.05, 3.63) is 65.7 Å². The summed E-state index contributed by atoms with van der Waals surface area (Å²) in [5.74, 6) is -0.362. The van der Waals surface area contributed by atoms with Crippen molar-refractivity contribution in [3.63, 3.8) is 0 Å². The summed E-state index contributed by atoms with van der Waals surface area (Å²) in [6, 6.07) is 18.9. The Morgan fingerprint density at radius 2 is 1.71 bits per heavy atom. The third-order valence-corrected chi connectivity index (χ3v) is 3.42. The van der Waals surface area contributed by atoms with Gasteiger partial charge in [-0.2, -0.15) is 5.26 Å². The van der Waals surface area contributed by atoms with Crippen LogP contribution in [-0.2, 0) is 22.6 Å². The number of nitrogens with one attached hydrogen (secondary N) is 2. The molecule has 0 bridgehead atoms. The predicted octanol–water partition coefficient (Wildman–Crippen LogP) is 2.79. The van der Waals surface area contributed by atoms with E-state index in [0.717, 1.165) is 11.1 Å². The van der Waals surface area contributed by atoms with E-state index in [1.165, 1.54) is 0 Å². The van der Waals surface area contributed by atoms with Crippen LogP contribution < -0.4 is 10.6 Å². The number of carbonyl (C=O) groups is 2. The van der Waals surface area contributed by atoms with Crippen LogP contribution in [0.5, 0.6) is 0 Å². The Balaban J connectivity index is 1.83. The molecule has 0 atom stereocenters. The zero-order chi connectivity index (χ0) is 17.2. The fourth-order valence-electron chi connectivity index (χ4n) is 2.22. The number of nitriles is 1. The van der Waals surface area contributed by atoms with Crippen molar-refractivity contribution >= 4 is 17.5 Å². The lowest BCUT2D eigenvalue weighted by molar-refractivity contribution is -0.120. The van der Waals surface area contributed by atoms with Crippen molar-refractivity contribution in [1.29, 1.82) is 5.26 Å². The van der Waals surface area contributed by atoms with Gasteiger partial charge in [-0.3, -0.25) is 9.59 Å². The second kappa shape index (κ2) is 9.11. The number of hydrogen-bond acceptors (Lipinski definition) is 3.